The zero-order valence-corrected chi connectivity index (χ0v) is 10.3. The van der Waals surface area contributed by atoms with E-state index in [1.54, 1.807) is 6.92 Å². The Labute approximate surface area is 87.1 Å². The highest BCUT2D eigenvalue weighted by atomic mass is 31.2. The van der Waals surface area contributed by atoms with E-state index < -0.39 is 20.5 Å². The Kier molecular flexibility index (Phi) is 4.65. The molecule has 4 nitrogen and oxygen atoms in total. The second-order valence-corrected chi connectivity index (χ2v) is 6.38. The van der Waals surface area contributed by atoms with Crippen LogP contribution in [0, 0.1) is 0 Å². The first-order valence-corrected chi connectivity index (χ1v) is 6.77. The van der Waals surface area contributed by atoms with Gasteiger partial charge in [-0.1, -0.05) is 0 Å². The third-order valence-corrected chi connectivity index (χ3v) is 5.36. The van der Waals surface area contributed by atoms with E-state index in [4.69, 9.17) is 4.52 Å². The number of hydrogen-bond acceptors (Lipinski definition) is 2. The largest absolute Gasteiger partial charge is 0.439 e. The molecule has 3 unspecified atom stereocenters. The summed E-state index contributed by atoms with van der Waals surface area (Å²) in [6.45, 7) is 1.86. The van der Waals surface area contributed by atoms with Gasteiger partial charge in [0.1, 0.15) is 8.51 Å². The molecule has 1 aromatic rings. The van der Waals surface area contributed by atoms with Gasteiger partial charge in [0, 0.05) is 8.51 Å². The summed E-state index contributed by atoms with van der Waals surface area (Å²) >= 11 is 0. The molecule has 15 heavy (non-hydrogen) atoms. The molecule has 1 heterocycles. The number of hydrogen-bond donors (Lipinski definition) is 1. The Bertz CT molecular complexity index is 337. The fourth-order valence-electron chi connectivity index (χ4n) is 0.703. The highest BCUT2D eigenvalue weighted by molar-refractivity contribution is 7.51. The van der Waals surface area contributed by atoms with Crippen molar-refractivity contribution in [2.24, 2.45) is 0 Å². The third-order valence-electron chi connectivity index (χ3n) is 1.24. The van der Waals surface area contributed by atoms with Crippen molar-refractivity contribution in [1.29, 1.82) is 0 Å². The van der Waals surface area contributed by atoms with Crippen molar-refractivity contribution in [2.45, 2.75) is 19.4 Å². The van der Waals surface area contributed by atoms with Crippen molar-refractivity contribution < 1.29 is 22.1 Å². The molecule has 0 radical (unpaired) electrons. The molecule has 0 spiro atoms. The quantitative estimate of drug-likeness (QED) is 0.864. The summed E-state index contributed by atoms with van der Waals surface area (Å²) in [7, 11) is -1.84. The molecule has 88 valence electrons. The van der Waals surface area contributed by atoms with Crippen LogP contribution in [0.4, 0.5) is 17.6 Å². The Balaban J connectivity index is 3.02. The highest BCUT2D eigenvalue weighted by Crippen LogP contribution is 2.39. The van der Waals surface area contributed by atoms with Gasteiger partial charge in [0.25, 0.3) is 6.30 Å². The Hall–Kier alpha value is -0.0200. The van der Waals surface area contributed by atoms with Crippen molar-refractivity contribution in [3.63, 3.8) is 0 Å². The van der Waals surface area contributed by atoms with Crippen LogP contribution in [0.5, 0.6) is 0 Å². The summed E-state index contributed by atoms with van der Waals surface area (Å²) in [6.07, 6.45) is -7.96. The summed E-state index contributed by atoms with van der Waals surface area (Å²) in [6, 6.07) is 0. The van der Waals surface area contributed by atoms with Crippen LogP contribution in [0.3, 0.4) is 0 Å². The van der Waals surface area contributed by atoms with Crippen LogP contribution in [0.15, 0.2) is 0 Å². The van der Waals surface area contributed by atoms with E-state index in [0.29, 0.717) is 4.09 Å². The van der Waals surface area contributed by atoms with Gasteiger partial charge in [-0.2, -0.15) is 17.7 Å². The number of aromatic amines is 1. The van der Waals surface area contributed by atoms with Crippen LogP contribution >= 0.6 is 25.1 Å². The van der Waals surface area contributed by atoms with E-state index in [2.05, 4.69) is 9.02 Å². The molecule has 0 aromatic carbocycles. The van der Waals surface area contributed by atoms with Crippen LogP contribution in [0.25, 0.3) is 0 Å². The molecule has 0 saturated carbocycles. The topological polar surface area (TPSA) is 42.8 Å². The van der Waals surface area contributed by atoms with Crippen LogP contribution in [0.1, 0.15) is 13.2 Å². The normalized spacial score (nSPS) is 16.2. The van der Waals surface area contributed by atoms with Gasteiger partial charge in [0.2, 0.25) is 0 Å². The van der Waals surface area contributed by atoms with Crippen LogP contribution in [-0.4, -0.2) is 25.9 Å². The van der Waals surface area contributed by atoms with E-state index in [1.165, 1.54) is 0 Å². The summed E-state index contributed by atoms with van der Waals surface area (Å²) in [5, 5.41) is 0. The van der Waals surface area contributed by atoms with Crippen LogP contribution in [0.2, 0.25) is 0 Å². The van der Waals surface area contributed by atoms with E-state index >= 15 is 0 Å². The monoisotopic (exact) mass is 283 g/mol. The van der Waals surface area contributed by atoms with Crippen LogP contribution < -0.4 is 4.52 Å². The summed E-state index contributed by atoms with van der Waals surface area (Å²) < 4.78 is 61.1. The number of aromatic nitrogens is 3. The number of halogens is 4. The molecule has 1 aromatic heterocycles. The van der Waals surface area contributed by atoms with Gasteiger partial charge >= 0.3 is 6.18 Å². The lowest BCUT2D eigenvalue weighted by Gasteiger charge is -2.17. The Morgan fingerprint density at radius 1 is 1.67 bits per heavy atom. The minimum atomic E-state index is -4.91. The summed E-state index contributed by atoms with van der Waals surface area (Å²) in [5.41, 5.74) is 0. The first-order chi connectivity index (χ1) is 6.96. The zero-order valence-electron chi connectivity index (χ0n) is 7.49. The van der Waals surface area contributed by atoms with E-state index in [-0.39, 0.29) is 23.6 Å². The first kappa shape index (κ1) is 13.0. The maximum atomic E-state index is 13.0. The molecule has 0 aliphatic rings. The number of alkyl halides is 4. The Morgan fingerprint density at radius 2 is 2.33 bits per heavy atom. The highest BCUT2D eigenvalue weighted by Gasteiger charge is 2.43. The Morgan fingerprint density at radius 3 is 2.87 bits per heavy atom. The number of H-pyrrole nitrogens is 1. The lowest BCUT2D eigenvalue weighted by Crippen LogP contribution is -2.21. The minimum Gasteiger partial charge on any atom is -0.305 e. The molecule has 0 fully saturated rings. The fraction of sp³-hybridized carbons (Fsp3) is 1.00. The van der Waals surface area contributed by atoms with Gasteiger partial charge < -0.3 is 4.52 Å². The maximum Gasteiger partial charge on any atom is 0.439 e. The van der Waals surface area contributed by atoms with Gasteiger partial charge in [-0.3, -0.25) is 4.51 Å². The lowest BCUT2D eigenvalue weighted by atomic mass is 10.6. The molecule has 0 aliphatic heterocycles. The molecule has 11 heteroatoms. The van der Waals surface area contributed by atoms with Crippen molar-refractivity contribution in [1.82, 2.24) is 13.1 Å². The molecule has 1 N–H and O–H groups in total. The van der Waals surface area contributed by atoms with E-state index in [1.807, 2.05) is 0 Å². The second-order valence-electron chi connectivity index (χ2n) is 2.30. The van der Waals surface area contributed by atoms with E-state index in [9.17, 15) is 17.6 Å². The fourth-order valence-corrected chi connectivity index (χ4v) is 4.95. The first-order valence-electron chi connectivity index (χ1n) is 3.81. The van der Waals surface area contributed by atoms with Crippen molar-refractivity contribution in [3.05, 3.63) is 0 Å². The SMILES string of the molecule is CCOp1[nH][pH]npn1C(F)C(F)(F)F. The number of nitrogens with zero attached hydrogens (tertiary/aromatic N) is 2. The lowest BCUT2D eigenvalue weighted by molar-refractivity contribution is -0.200. The molecule has 0 aliphatic carbocycles. The van der Waals surface area contributed by atoms with Gasteiger partial charge in [-0.25, -0.2) is 8.48 Å². The zero-order chi connectivity index (χ0) is 11.5. The molecule has 0 saturated heterocycles. The van der Waals surface area contributed by atoms with Crippen molar-refractivity contribution >= 4 is 25.1 Å². The smallest absolute Gasteiger partial charge is 0.305 e. The van der Waals surface area contributed by atoms with Crippen molar-refractivity contribution in [3.8, 4) is 0 Å². The average molecular weight is 283 g/mol. The molecule has 0 amide bonds. The van der Waals surface area contributed by atoms with E-state index in [0.717, 1.165) is 0 Å². The average Bonchev–Trinajstić information content (AvgIpc) is 2.17. The third kappa shape index (κ3) is 3.49. The standard InChI is InChI=1S/C4H8F4N3OP3/c1-2-12-15-10-13-9-14-11(15)3(5)4(6,7)8/h3,10,13H,2H2,1H3. The predicted molar refractivity (Wildman–Crippen MR) is 52.2 cm³/mol. The second kappa shape index (κ2) is 5.35. The molecule has 1 rings (SSSR count). The molecule has 0 bridgehead atoms. The molecular formula is C4H8F4N3OP3. The number of rotatable bonds is 3. The van der Waals surface area contributed by atoms with Gasteiger partial charge in [0.05, 0.1) is 6.61 Å². The van der Waals surface area contributed by atoms with Gasteiger partial charge in [0.15, 0.2) is 8.08 Å². The van der Waals surface area contributed by atoms with Crippen LogP contribution in [-0.2, 0) is 0 Å². The minimum absolute atomic E-state index is 0.0415. The summed E-state index contributed by atoms with van der Waals surface area (Å²) in [4.78, 5) is 0. The van der Waals surface area contributed by atoms with Crippen molar-refractivity contribution in [2.75, 3.05) is 6.61 Å². The number of nitrogens with one attached hydrogen (secondary N) is 1. The predicted octanol–water partition coefficient (Wildman–Crippen LogP) is 3.41. The maximum absolute atomic E-state index is 13.0. The molecular weight excluding hydrogens is 275 g/mol. The summed E-state index contributed by atoms with van der Waals surface area (Å²) in [5.74, 6) is 0. The molecule has 3 atom stereocenters. The van der Waals surface area contributed by atoms with Gasteiger partial charge in [-0.15, -0.1) is 0 Å². The van der Waals surface area contributed by atoms with Gasteiger partial charge in [-0.05, 0) is 6.92 Å².